The number of rotatable bonds is 84. The van der Waals surface area contributed by atoms with Crippen LogP contribution in [-0.2, 0) is 66.3 Å². The molecule has 0 bridgehead atoms. The van der Waals surface area contributed by atoms with Crippen molar-refractivity contribution in [1.29, 1.82) is 0 Å². The number of nitrogens with zero attached hydrogens (tertiary/aromatic N) is 1. The number of hydrogen-bond acceptors (Lipinski definition) is 16. The summed E-state index contributed by atoms with van der Waals surface area (Å²) in [5.41, 5.74) is 0. The van der Waals surface area contributed by atoms with Crippen molar-refractivity contribution in [2.45, 2.75) is 534 Å². The largest absolute Gasteiger partial charge is 0.470 e. The first-order valence-corrected chi connectivity index (χ1v) is 49.2. The highest BCUT2D eigenvalue weighted by Crippen LogP contribution is 2.43. The molecule has 0 spiro atoms. The van der Waals surface area contributed by atoms with Gasteiger partial charge in [0.2, 0.25) is 11.8 Å². The molecule has 1 saturated heterocycles. The van der Waals surface area contributed by atoms with Crippen LogP contribution < -0.4 is 5.32 Å². The molecule has 1 aliphatic rings. The minimum atomic E-state index is -5.57. The molecule has 0 radical (unpaired) electrons. The van der Waals surface area contributed by atoms with E-state index in [4.69, 9.17) is 32.9 Å². The van der Waals surface area contributed by atoms with E-state index in [1.165, 1.54) is 180 Å². The number of carbonyl (C=O) groups excluding carboxylic acids is 6. The molecular weight excluding hydrogens is 1450 g/mol. The summed E-state index contributed by atoms with van der Waals surface area (Å²) >= 11 is 0. The second-order valence-electron chi connectivity index (χ2n) is 33.3. The molecule has 0 aromatic carbocycles. The van der Waals surface area contributed by atoms with Crippen molar-refractivity contribution in [1.82, 2.24) is 10.4 Å². The van der Waals surface area contributed by atoms with Gasteiger partial charge in [0, 0.05) is 25.8 Å². The van der Waals surface area contributed by atoms with E-state index in [0.29, 0.717) is 44.9 Å². The van der Waals surface area contributed by atoms with Gasteiger partial charge >= 0.3 is 31.7 Å². The Morgan fingerprint density at radius 3 is 0.938 bits per heavy atom. The highest BCUT2D eigenvalue weighted by Gasteiger charge is 2.55. The number of phosphoric ester groups is 1. The third-order valence-electron chi connectivity index (χ3n) is 22.5. The van der Waals surface area contributed by atoms with Gasteiger partial charge in [-0.25, -0.2) is 9.63 Å². The zero-order valence-electron chi connectivity index (χ0n) is 73.4. The fourth-order valence-electron chi connectivity index (χ4n) is 15.5. The molecule has 0 aliphatic carbocycles. The summed E-state index contributed by atoms with van der Waals surface area (Å²) < 4.78 is 55.4. The van der Waals surface area contributed by atoms with Gasteiger partial charge in [-0.1, -0.05) is 388 Å². The average Bonchev–Trinajstić information content (AvgIpc) is 0.770. The summed E-state index contributed by atoms with van der Waals surface area (Å²) in [5.74, 6) is -3.79. The molecule has 1 heterocycles. The van der Waals surface area contributed by atoms with Gasteiger partial charge in [-0.3, -0.25) is 38.5 Å². The Balaban J connectivity index is 3.74. The quantitative estimate of drug-likeness (QED) is 0.00945. The van der Waals surface area contributed by atoms with Gasteiger partial charge in [-0.2, -0.15) is 0 Å². The van der Waals surface area contributed by atoms with Gasteiger partial charge in [0.15, 0.2) is 12.4 Å². The molecular formula is C92H175N2O18P. The number of aliphatic hydroxyl groups is 1. The van der Waals surface area contributed by atoms with Crippen LogP contribution >= 0.6 is 7.82 Å². The number of esters is 4. The monoisotopic (exact) mass is 1630 g/mol. The van der Waals surface area contributed by atoms with Gasteiger partial charge in [-0.15, -0.1) is 0 Å². The number of hydrogen-bond donors (Lipinski definition) is 5. The number of hydroxylamine groups is 2. The van der Waals surface area contributed by atoms with E-state index in [9.17, 15) is 48.6 Å². The highest BCUT2D eigenvalue weighted by molar-refractivity contribution is 7.46. The summed E-state index contributed by atoms with van der Waals surface area (Å²) in [6.07, 6.45) is 55.3. The Morgan fingerprint density at radius 1 is 0.372 bits per heavy atom. The molecule has 0 aromatic heterocycles. The Kier molecular flexibility index (Phi) is 73.8. The number of nitrogens with one attached hydrogen (secondary N) is 1. The number of amides is 2. The fourth-order valence-corrected chi connectivity index (χ4v) is 16.1. The van der Waals surface area contributed by atoms with E-state index >= 15 is 4.79 Å². The zero-order chi connectivity index (χ0) is 82.7. The summed E-state index contributed by atoms with van der Waals surface area (Å²) in [6, 6.07) is -1.97. The van der Waals surface area contributed by atoms with E-state index < -0.39 is 106 Å². The molecule has 0 aromatic rings. The second kappa shape index (κ2) is 77.4. The summed E-state index contributed by atoms with van der Waals surface area (Å²) in [6.45, 7) is 11.7. The Labute approximate surface area is 690 Å². The van der Waals surface area contributed by atoms with E-state index in [2.05, 4.69) is 46.9 Å². The van der Waals surface area contributed by atoms with E-state index in [1.807, 2.05) is 0 Å². The van der Waals surface area contributed by atoms with Crippen molar-refractivity contribution < 1.29 is 86.4 Å². The van der Waals surface area contributed by atoms with Gasteiger partial charge in [0.1, 0.15) is 36.6 Å². The van der Waals surface area contributed by atoms with Crippen LogP contribution in [0.15, 0.2) is 0 Å². The molecule has 1 fully saturated rings. The number of ether oxygens (including phenoxy) is 6. The average molecular weight is 1630 g/mol. The van der Waals surface area contributed by atoms with Crippen LogP contribution in [0.4, 0.5) is 0 Å². The van der Waals surface area contributed by atoms with Gasteiger partial charge in [0.25, 0.3) is 0 Å². The van der Waals surface area contributed by atoms with Crippen LogP contribution in [0.5, 0.6) is 0 Å². The lowest BCUT2D eigenvalue weighted by Crippen LogP contribution is -2.66. The van der Waals surface area contributed by atoms with E-state index in [-0.39, 0.29) is 56.3 Å². The number of phosphoric acid groups is 1. The molecule has 2 amide bonds. The molecule has 21 heteroatoms. The highest BCUT2D eigenvalue weighted by atomic mass is 31.2. The molecule has 5 N–H and O–H groups in total. The molecule has 1 aliphatic heterocycles. The van der Waals surface area contributed by atoms with Crippen molar-refractivity contribution in [3.05, 3.63) is 0 Å². The van der Waals surface area contributed by atoms with Crippen molar-refractivity contribution in [3.63, 3.8) is 0 Å². The maximum atomic E-state index is 15.0. The number of aliphatic hydroxyl groups excluding tert-OH is 1. The molecule has 20 nitrogen and oxygen atoms in total. The smallest absolute Gasteiger partial charge is 0.462 e. The first-order chi connectivity index (χ1) is 55.0. The fraction of sp³-hybridized carbons (Fsp3) is 0.935. The van der Waals surface area contributed by atoms with Crippen LogP contribution in [0, 0.1) is 0 Å². The van der Waals surface area contributed by atoms with Gasteiger partial charge in [0.05, 0.1) is 32.5 Å². The second-order valence-corrected chi connectivity index (χ2v) is 34.5. The van der Waals surface area contributed by atoms with Crippen LogP contribution in [0.25, 0.3) is 0 Å². The van der Waals surface area contributed by atoms with E-state index in [0.717, 1.165) is 173 Å². The topological polar surface area (TPSA) is 280 Å². The number of carbonyl (C=O) groups is 6. The lowest BCUT2D eigenvalue weighted by Gasteiger charge is -2.47. The SMILES string of the molecule is CCCCCCCCCCCCCC(=O)O[C@H](CCCCCCCCCCC)CC(=O)NCCO[C@@H]1O[C@H](CO)[C@@H](OP(=O)(O)O)[C@H](OC(=O)C[C@@H](CCCCCCCCCCC)OC(=O)CCCCCCCCCCCCC)[C@H]1N(O)C(=O)C[C@@H](CCCCCCCCCCC)OC(=O)CCCCCCCCCCCCC. The third-order valence-corrected chi connectivity index (χ3v) is 23.0. The lowest BCUT2D eigenvalue weighted by atomic mass is 9.95. The Bertz CT molecular complexity index is 2280. The maximum Gasteiger partial charge on any atom is 0.470 e. The van der Waals surface area contributed by atoms with Crippen molar-refractivity contribution in [3.8, 4) is 0 Å². The van der Waals surface area contributed by atoms with E-state index in [1.54, 1.807) is 0 Å². The molecule has 113 heavy (non-hydrogen) atoms. The zero-order valence-corrected chi connectivity index (χ0v) is 74.3. The minimum absolute atomic E-state index is 0.118. The minimum Gasteiger partial charge on any atom is -0.462 e. The first-order valence-electron chi connectivity index (χ1n) is 47.6. The standard InChI is InChI=1S/C92H175N2O18P/c1-7-13-19-25-31-37-40-46-52-58-64-70-85(98)107-79(67-61-55-49-43-34-28-22-16-10-4)75-83(96)93-73-74-106-92-89(94(102)84(97)76-80(68-62-56-50-44-35-29-23-17-11-5)108-86(99)71-65-59-53-47-41-38-32-26-20-14-8-2)91(90(82(78-95)110-92)112-113(103,104)105)111-88(101)77-81(69-63-57-51-45-36-30-24-18-12-6)109-87(100)72-66-60-54-48-42-39-33-27-21-15-9-3/h79-82,89-92,95,102H,7-78H2,1-6H3,(H,93,96)(H2,103,104,105)/t79-,80-,81-,82-,89-,90-,91-,92-/m1/s1. The van der Waals surface area contributed by atoms with Crippen LogP contribution in [-0.4, -0.2) is 130 Å². The normalized spacial score (nSPS) is 16.6. The lowest BCUT2D eigenvalue weighted by molar-refractivity contribution is -0.314. The van der Waals surface area contributed by atoms with Crippen LogP contribution in [0.3, 0.4) is 0 Å². The maximum absolute atomic E-state index is 15.0. The first kappa shape index (κ1) is 108. The predicted octanol–water partition coefficient (Wildman–Crippen LogP) is 24.6. The molecule has 1 rings (SSSR count). The van der Waals surface area contributed by atoms with Crippen LogP contribution in [0.1, 0.15) is 485 Å². The van der Waals surface area contributed by atoms with Crippen molar-refractivity contribution in [2.24, 2.45) is 0 Å². The van der Waals surface area contributed by atoms with Crippen molar-refractivity contribution in [2.75, 3.05) is 19.8 Å². The molecule has 8 atom stereocenters. The summed E-state index contributed by atoms with van der Waals surface area (Å²) in [4.78, 5) is 106. The Hall–Kier alpha value is -3.23. The summed E-state index contributed by atoms with van der Waals surface area (Å²) in [5, 5.41) is 26.7. The third kappa shape index (κ3) is 64.4. The van der Waals surface area contributed by atoms with Crippen molar-refractivity contribution >= 4 is 43.5 Å². The van der Waals surface area contributed by atoms with Gasteiger partial charge < -0.3 is 48.6 Å². The Morgan fingerprint density at radius 2 is 0.646 bits per heavy atom. The van der Waals surface area contributed by atoms with Crippen LogP contribution in [0.2, 0.25) is 0 Å². The molecule has 0 saturated carbocycles. The van der Waals surface area contributed by atoms with Gasteiger partial charge in [-0.05, 0) is 57.8 Å². The summed E-state index contributed by atoms with van der Waals surface area (Å²) in [7, 11) is -5.57. The molecule has 666 valence electrons. The predicted molar refractivity (Wildman–Crippen MR) is 456 cm³/mol. The molecule has 0 unspecified atom stereocenters. The number of unbranched alkanes of at least 4 members (excludes halogenated alkanes) is 54.